The van der Waals surface area contributed by atoms with E-state index in [1.165, 1.54) is 18.2 Å². The predicted molar refractivity (Wildman–Crippen MR) is 102 cm³/mol. The van der Waals surface area contributed by atoms with Crippen LogP contribution in [0, 0.1) is 5.92 Å². The van der Waals surface area contributed by atoms with Gasteiger partial charge in [-0.25, -0.2) is 17.9 Å². The molecule has 0 aliphatic rings. The second-order valence-electron chi connectivity index (χ2n) is 6.42. The molecule has 2 rings (SSSR count). The topological polar surface area (TPSA) is 95.5 Å². The fourth-order valence-electron chi connectivity index (χ4n) is 2.39. The fourth-order valence-corrected chi connectivity index (χ4v) is 3.63. The van der Waals surface area contributed by atoms with Gasteiger partial charge in [-0.2, -0.15) is 0 Å². The van der Waals surface area contributed by atoms with Gasteiger partial charge in [0, 0.05) is 13.1 Å². The van der Waals surface area contributed by atoms with Gasteiger partial charge in [0.15, 0.2) is 0 Å². The highest BCUT2D eigenvalue weighted by atomic mass is 32.2. The maximum atomic E-state index is 12.7. The maximum Gasteiger partial charge on any atom is 0.335 e. The third kappa shape index (κ3) is 5.57. The smallest absolute Gasteiger partial charge is 0.335 e. The summed E-state index contributed by atoms with van der Waals surface area (Å²) in [7, 11) is -3.84. The lowest BCUT2D eigenvalue weighted by atomic mass is 10.2. The van der Waals surface area contributed by atoms with Gasteiger partial charge in [-0.05, 0) is 36.1 Å². The molecule has 0 unspecified atom stereocenters. The van der Waals surface area contributed by atoms with E-state index in [4.69, 9.17) is 0 Å². The first kappa shape index (κ1) is 19.9. The first-order chi connectivity index (χ1) is 12.3. The van der Waals surface area contributed by atoms with Crippen molar-refractivity contribution in [1.29, 1.82) is 0 Å². The zero-order valence-electron chi connectivity index (χ0n) is 14.9. The number of sulfonamides is 1. The van der Waals surface area contributed by atoms with Crippen LogP contribution in [0.1, 0.15) is 29.8 Å². The Morgan fingerprint density at radius 3 is 2.42 bits per heavy atom. The van der Waals surface area contributed by atoms with Crippen molar-refractivity contribution in [1.82, 2.24) is 4.72 Å². The van der Waals surface area contributed by atoms with Gasteiger partial charge in [0.1, 0.15) is 4.90 Å². The third-order valence-electron chi connectivity index (χ3n) is 3.77. The molecule has 0 saturated carbocycles. The summed E-state index contributed by atoms with van der Waals surface area (Å²) >= 11 is 0. The van der Waals surface area contributed by atoms with Crippen LogP contribution in [-0.2, 0) is 16.4 Å². The van der Waals surface area contributed by atoms with E-state index in [2.05, 4.69) is 10.0 Å². The predicted octanol–water partition coefficient (Wildman–Crippen LogP) is 2.97. The van der Waals surface area contributed by atoms with E-state index in [-0.39, 0.29) is 17.0 Å². The van der Waals surface area contributed by atoms with Crippen molar-refractivity contribution in [2.24, 2.45) is 5.92 Å². The van der Waals surface area contributed by atoms with E-state index in [0.29, 0.717) is 24.6 Å². The Labute approximate surface area is 154 Å². The van der Waals surface area contributed by atoms with Crippen molar-refractivity contribution in [3.63, 3.8) is 0 Å². The van der Waals surface area contributed by atoms with Crippen LogP contribution in [0.3, 0.4) is 0 Å². The largest absolute Gasteiger partial charge is 0.478 e. The number of benzene rings is 2. The van der Waals surface area contributed by atoms with Crippen LogP contribution in [0.25, 0.3) is 0 Å². The number of anilines is 1. The summed E-state index contributed by atoms with van der Waals surface area (Å²) in [6.07, 6.45) is 0.549. The van der Waals surface area contributed by atoms with Crippen LogP contribution in [-0.4, -0.2) is 32.6 Å². The Morgan fingerprint density at radius 1 is 1.12 bits per heavy atom. The molecule has 0 radical (unpaired) electrons. The molecule has 2 aromatic rings. The van der Waals surface area contributed by atoms with E-state index >= 15 is 0 Å². The molecule has 2 aromatic carbocycles. The van der Waals surface area contributed by atoms with Crippen molar-refractivity contribution < 1.29 is 18.3 Å². The van der Waals surface area contributed by atoms with Crippen molar-refractivity contribution in [3.05, 3.63) is 59.7 Å². The van der Waals surface area contributed by atoms with Gasteiger partial charge in [0.05, 0.1) is 11.3 Å². The molecule has 140 valence electrons. The molecule has 0 aliphatic carbocycles. The van der Waals surface area contributed by atoms with Crippen LogP contribution in [0.5, 0.6) is 0 Å². The van der Waals surface area contributed by atoms with E-state index in [1.54, 1.807) is 0 Å². The molecule has 6 nitrogen and oxygen atoms in total. The van der Waals surface area contributed by atoms with Gasteiger partial charge >= 0.3 is 5.97 Å². The Bertz CT molecular complexity index is 849. The van der Waals surface area contributed by atoms with Gasteiger partial charge in [-0.1, -0.05) is 44.2 Å². The normalized spacial score (nSPS) is 11.5. The number of carbonyl (C=O) groups is 1. The molecule has 0 atom stereocenters. The number of hydrogen-bond acceptors (Lipinski definition) is 4. The minimum absolute atomic E-state index is 0.0499. The first-order valence-corrected chi connectivity index (χ1v) is 9.92. The molecule has 7 heteroatoms. The monoisotopic (exact) mass is 376 g/mol. The molecule has 0 bridgehead atoms. The fraction of sp³-hybridized carbons (Fsp3) is 0.316. The molecule has 0 saturated heterocycles. The highest BCUT2D eigenvalue weighted by Gasteiger charge is 2.20. The highest BCUT2D eigenvalue weighted by molar-refractivity contribution is 7.89. The second-order valence-corrected chi connectivity index (χ2v) is 8.16. The van der Waals surface area contributed by atoms with Crippen molar-refractivity contribution >= 4 is 21.7 Å². The van der Waals surface area contributed by atoms with Gasteiger partial charge in [0.2, 0.25) is 10.0 Å². The molecule has 0 aromatic heterocycles. The first-order valence-electron chi connectivity index (χ1n) is 8.44. The lowest BCUT2D eigenvalue weighted by molar-refractivity contribution is 0.0696. The maximum absolute atomic E-state index is 12.7. The van der Waals surface area contributed by atoms with Gasteiger partial charge in [-0.15, -0.1) is 0 Å². The highest BCUT2D eigenvalue weighted by Crippen LogP contribution is 2.23. The minimum atomic E-state index is -3.84. The van der Waals surface area contributed by atoms with Crippen molar-refractivity contribution in [2.45, 2.75) is 25.2 Å². The molecule has 0 aliphatic heterocycles. The quantitative estimate of drug-likeness (QED) is 0.625. The van der Waals surface area contributed by atoms with E-state index in [1.807, 2.05) is 44.2 Å². The van der Waals surface area contributed by atoms with Crippen LogP contribution in [0.4, 0.5) is 5.69 Å². The van der Waals surface area contributed by atoms with E-state index in [9.17, 15) is 18.3 Å². The van der Waals surface area contributed by atoms with E-state index in [0.717, 1.165) is 5.56 Å². The van der Waals surface area contributed by atoms with Crippen molar-refractivity contribution in [2.75, 3.05) is 18.4 Å². The molecular formula is C19H24N2O4S. The number of hydrogen-bond donors (Lipinski definition) is 3. The van der Waals surface area contributed by atoms with Crippen LogP contribution < -0.4 is 10.0 Å². The lowest BCUT2D eigenvalue weighted by Crippen LogP contribution is -2.27. The summed E-state index contributed by atoms with van der Waals surface area (Å²) in [5, 5.41) is 12.3. The number of carboxylic acid groups (broad SMARTS) is 1. The summed E-state index contributed by atoms with van der Waals surface area (Å²) in [5.41, 5.74) is 1.35. The summed E-state index contributed by atoms with van der Waals surface area (Å²) in [6.45, 7) is 4.82. The molecule has 26 heavy (non-hydrogen) atoms. The summed E-state index contributed by atoms with van der Waals surface area (Å²) in [5.74, 6) is -0.850. The molecular weight excluding hydrogens is 352 g/mol. The number of carboxylic acids is 1. The standard InChI is InChI=1S/C19H24N2O4S/c1-14(2)13-20-17-9-8-16(19(22)23)12-18(17)26(24,25)21-11-10-15-6-4-3-5-7-15/h3-9,12,14,20-21H,10-11,13H2,1-2H3,(H,22,23). The zero-order chi connectivity index (χ0) is 19.2. The molecule has 0 heterocycles. The average Bonchev–Trinajstić information content (AvgIpc) is 2.60. The Balaban J connectivity index is 2.21. The van der Waals surface area contributed by atoms with Crippen molar-refractivity contribution in [3.8, 4) is 0 Å². The zero-order valence-corrected chi connectivity index (χ0v) is 15.7. The molecule has 0 amide bonds. The SMILES string of the molecule is CC(C)CNc1ccc(C(=O)O)cc1S(=O)(=O)NCCc1ccccc1. The summed E-state index contributed by atoms with van der Waals surface area (Å²) in [6, 6.07) is 13.6. The van der Waals surface area contributed by atoms with E-state index < -0.39 is 16.0 Å². The van der Waals surface area contributed by atoms with Gasteiger partial charge in [0.25, 0.3) is 0 Å². The Hall–Kier alpha value is -2.38. The number of nitrogens with one attached hydrogen (secondary N) is 2. The minimum Gasteiger partial charge on any atom is -0.478 e. The van der Waals surface area contributed by atoms with Crippen LogP contribution in [0.15, 0.2) is 53.4 Å². The second kappa shape index (κ2) is 8.82. The van der Waals surface area contributed by atoms with Crippen LogP contribution >= 0.6 is 0 Å². The Kier molecular flexibility index (Phi) is 6.76. The summed E-state index contributed by atoms with van der Waals surface area (Å²) < 4.78 is 28.0. The molecule has 0 spiro atoms. The van der Waals surface area contributed by atoms with Crippen LogP contribution in [0.2, 0.25) is 0 Å². The molecule has 3 N–H and O–H groups in total. The number of rotatable bonds is 9. The van der Waals surface area contributed by atoms with Gasteiger partial charge in [-0.3, -0.25) is 0 Å². The lowest BCUT2D eigenvalue weighted by Gasteiger charge is -2.15. The van der Waals surface area contributed by atoms with Gasteiger partial charge < -0.3 is 10.4 Å². The summed E-state index contributed by atoms with van der Waals surface area (Å²) in [4.78, 5) is 11.2. The average molecular weight is 376 g/mol. The third-order valence-corrected chi connectivity index (χ3v) is 5.27. The molecule has 0 fully saturated rings. The number of aromatic carboxylic acids is 1. The Morgan fingerprint density at radius 2 is 1.81 bits per heavy atom.